The monoisotopic (exact) mass is 280 g/mol. The zero-order valence-corrected chi connectivity index (χ0v) is 12.4. The lowest BCUT2D eigenvalue weighted by Crippen LogP contribution is -2.37. The van der Waals surface area contributed by atoms with Crippen LogP contribution in [0.3, 0.4) is 0 Å². The highest BCUT2D eigenvalue weighted by molar-refractivity contribution is 7.52. The van der Waals surface area contributed by atoms with Crippen LogP contribution in [0.1, 0.15) is 6.92 Å². The summed E-state index contributed by atoms with van der Waals surface area (Å²) in [5.74, 6) is -0.530. The average Bonchev–Trinajstić information content (AvgIpc) is 2.20. The molecule has 1 unspecified atom stereocenters. The van der Waals surface area contributed by atoms with Gasteiger partial charge in [-0.05, 0) is 6.92 Å². The first kappa shape index (κ1) is 17.3. The fourth-order valence-electron chi connectivity index (χ4n) is 0.928. The minimum Gasteiger partial charge on any atom is -0.460 e. The third-order valence-corrected chi connectivity index (χ3v) is 3.36. The van der Waals surface area contributed by atoms with Gasteiger partial charge in [0.05, 0.1) is 40.5 Å². The Labute approximate surface area is 108 Å². The van der Waals surface area contributed by atoms with Gasteiger partial charge in [-0.1, -0.05) is 6.58 Å². The van der Waals surface area contributed by atoms with Crippen molar-refractivity contribution in [2.45, 2.75) is 6.92 Å². The molecule has 0 aromatic heterocycles. The fourth-order valence-corrected chi connectivity index (χ4v) is 2.27. The lowest BCUT2D eigenvalue weighted by Gasteiger charge is -2.24. The maximum atomic E-state index is 11.6. The number of ether oxygens (including phenoxy) is 1. The molecule has 0 aromatic carbocycles. The summed E-state index contributed by atoms with van der Waals surface area (Å²) < 4.78 is 21.8. The second-order valence-corrected chi connectivity index (χ2v) is 7.10. The molecule has 0 fully saturated rings. The van der Waals surface area contributed by atoms with Gasteiger partial charge < -0.3 is 18.6 Å². The first-order valence-electron chi connectivity index (χ1n) is 5.63. The van der Waals surface area contributed by atoms with Crippen LogP contribution in [-0.2, 0) is 18.6 Å². The van der Waals surface area contributed by atoms with Crippen LogP contribution >= 0.6 is 7.60 Å². The SMILES string of the molecule is C=C(C)C(=O)OCCOP(=O)(O)CC[N+](C)(C)C. The van der Waals surface area contributed by atoms with E-state index >= 15 is 0 Å². The van der Waals surface area contributed by atoms with Crippen molar-refractivity contribution in [3.05, 3.63) is 12.2 Å². The quantitative estimate of drug-likeness (QED) is 0.236. The lowest BCUT2D eigenvalue weighted by molar-refractivity contribution is -0.867. The summed E-state index contributed by atoms with van der Waals surface area (Å²) in [5, 5.41) is 0. The second kappa shape index (κ2) is 7.04. The lowest BCUT2D eigenvalue weighted by atomic mass is 10.4. The van der Waals surface area contributed by atoms with E-state index < -0.39 is 13.6 Å². The van der Waals surface area contributed by atoms with Crippen LogP contribution in [0, 0.1) is 0 Å². The van der Waals surface area contributed by atoms with E-state index in [1.165, 1.54) is 6.92 Å². The van der Waals surface area contributed by atoms with Gasteiger partial charge in [0.15, 0.2) is 0 Å². The van der Waals surface area contributed by atoms with E-state index in [9.17, 15) is 14.3 Å². The molecule has 0 heterocycles. The molecule has 0 spiro atoms. The topological polar surface area (TPSA) is 72.8 Å². The van der Waals surface area contributed by atoms with Crippen molar-refractivity contribution in [1.82, 2.24) is 0 Å². The van der Waals surface area contributed by atoms with Crippen LogP contribution in [0.25, 0.3) is 0 Å². The third-order valence-electron chi connectivity index (χ3n) is 2.01. The number of carbonyl (C=O) groups excluding carboxylic acids is 1. The summed E-state index contributed by atoms with van der Waals surface area (Å²) in [7, 11) is 2.17. The van der Waals surface area contributed by atoms with E-state index in [0.29, 0.717) is 11.0 Å². The molecule has 18 heavy (non-hydrogen) atoms. The van der Waals surface area contributed by atoms with E-state index in [0.717, 1.165) is 0 Å². The summed E-state index contributed by atoms with van der Waals surface area (Å²) in [4.78, 5) is 20.5. The number of hydrogen-bond acceptors (Lipinski definition) is 4. The molecule has 0 aliphatic carbocycles. The fraction of sp³-hybridized carbons (Fsp3) is 0.727. The molecule has 106 valence electrons. The van der Waals surface area contributed by atoms with E-state index in [4.69, 9.17) is 9.26 Å². The van der Waals surface area contributed by atoms with E-state index in [-0.39, 0.29) is 24.9 Å². The molecule has 0 radical (unpaired) electrons. The molecule has 0 bridgehead atoms. The van der Waals surface area contributed by atoms with Crippen LogP contribution in [0.2, 0.25) is 0 Å². The number of nitrogens with zero attached hydrogens (tertiary/aromatic N) is 1. The van der Waals surface area contributed by atoms with Gasteiger partial charge in [-0.15, -0.1) is 0 Å². The highest BCUT2D eigenvalue weighted by Crippen LogP contribution is 2.41. The summed E-state index contributed by atoms with van der Waals surface area (Å²) >= 11 is 0. The van der Waals surface area contributed by atoms with Crippen LogP contribution < -0.4 is 0 Å². The summed E-state index contributed by atoms with van der Waals surface area (Å²) in [5.41, 5.74) is 0.284. The highest BCUT2D eigenvalue weighted by atomic mass is 31.2. The molecular formula is C11H23NO5P+. The molecule has 0 rings (SSSR count). The van der Waals surface area contributed by atoms with Gasteiger partial charge in [0.2, 0.25) is 0 Å². The second-order valence-electron chi connectivity index (χ2n) is 5.12. The molecule has 0 saturated carbocycles. The minimum absolute atomic E-state index is 0.0549. The van der Waals surface area contributed by atoms with Crippen LogP contribution in [-0.4, -0.2) is 62.4 Å². The van der Waals surface area contributed by atoms with Crippen molar-refractivity contribution in [2.24, 2.45) is 0 Å². The standard InChI is InChI=1S/C11H22NO5P/c1-10(2)11(13)16-7-8-17-18(14,15)9-6-12(3,4)5/h1,6-9H2,2-5H3/p+1. The Morgan fingerprint density at radius 1 is 1.33 bits per heavy atom. The first-order valence-corrected chi connectivity index (χ1v) is 7.39. The Morgan fingerprint density at radius 3 is 2.33 bits per heavy atom. The number of rotatable bonds is 8. The van der Waals surface area contributed by atoms with E-state index in [1.54, 1.807) is 0 Å². The zero-order chi connectivity index (χ0) is 14.4. The maximum Gasteiger partial charge on any atom is 0.333 e. The summed E-state index contributed by atoms with van der Waals surface area (Å²) in [6.45, 7) is 5.33. The van der Waals surface area contributed by atoms with Gasteiger partial charge in [0.1, 0.15) is 6.61 Å². The van der Waals surface area contributed by atoms with Crippen molar-refractivity contribution >= 4 is 13.6 Å². The van der Waals surface area contributed by atoms with Gasteiger partial charge in [-0.3, -0.25) is 4.57 Å². The number of hydrogen-bond donors (Lipinski definition) is 1. The Morgan fingerprint density at radius 2 is 1.89 bits per heavy atom. The van der Waals surface area contributed by atoms with E-state index in [1.807, 2.05) is 21.1 Å². The normalized spacial score (nSPS) is 14.9. The molecule has 0 amide bonds. The van der Waals surface area contributed by atoms with Crippen molar-refractivity contribution < 1.29 is 28.0 Å². The summed E-state index contributed by atoms with van der Waals surface area (Å²) in [6.07, 6.45) is 0.0743. The Bertz CT molecular complexity index is 348. The minimum atomic E-state index is -3.60. The van der Waals surface area contributed by atoms with Crippen molar-refractivity contribution in [3.8, 4) is 0 Å². The first-order chi connectivity index (χ1) is 8.03. The van der Waals surface area contributed by atoms with Gasteiger partial charge in [-0.25, -0.2) is 4.79 Å². The number of quaternary nitrogens is 1. The van der Waals surface area contributed by atoms with E-state index in [2.05, 4.69) is 6.58 Å². The van der Waals surface area contributed by atoms with Crippen LogP contribution in [0.15, 0.2) is 12.2 Å². The molecule has 7 heteroatoms. The molecule has 1 N–H and O–H groups in total. The predicted molar refractivity (Wildman–Crippen MR) is 69.3 cm³/mol. The van der Waals surface area contributed by atoms with Crippen molar-refractivity contribution in [3.63, 3.8) is 0 Å². The molecule has 0 aromatic rings. The summed E-state index contributed by atoms with van der Waals surface area (Å²) in [6, 6.07) is 0. The molecule has 1 atom stereocenters. The van der Waals surface area contributed by atoms with Gasteiger partial charge in [0.25, 0.3) is 0 Å². The Hall–Kier alpha value is -0.680. The van der Waals surface area contributed by atoms with Crippen LogP contribution in [0.4, 0.5) is 0 Å². The van der Waals surface area contributed by atoms with Crippen molar-refractivity contribution in [1.29, 1.82) is 0 Å². The largest absolute Gasteiger partial charge is 0.460 e. The number of esters is 1. The predicted octanol–water partition coefficient (Wildman–Crippen LogP) is 1.01. The smallest absolute Gasteiger partial charge is 0.333 e. The van der Waals surface area contributed by atoms with Crippen molar-refractivity contribution in [2.75, 3.05) is 47.1 Å². The zero-order valence-electron chi connectivity index (χ0n) is 11.5. The average molecular weight is 280 g/mol. The van der Waals surface area contributed by atoms with Gasteiger partial charge in [-0.2, -0.15) is 0 Å². The highest BCUT2D eigenvalue weighted by Gasteiger charge is 2.23. The Balaban J connectivity index is 3.88. The van der Waals surface area contributed by atoms with Gasteiger partial charge >= 0.3 is 13.6 Å². The van der Waals surface area contributed by atoms with Gasteiger partial charge in [0, 0.05) is 5.57 Å². The van der Waals surface area contributed by atoms with Crippen LogP contribution in [0.5, 0.6) is 0 Å². The number of carbonyl (C=O) groups is 1. The molecular weight excluding hydrogens is 257 g/mol. The molecule has 0 aliphatic heterocycles. The maximum absolute atomic E-state index is 11.6. The molecule has 0 saturated heterocycles. The molecule has 6 nitrogen and oxygen atoms in total. The Kier molecular flexibility index (Phi) is 6.78. The molecule has 0 aliphatic rings. The third kappa shape index (κ3) is 9.36.